The first kappa shape index (κ1) is 8.09. The first-order valence-corrected chi connectivity index (χ1v) is 3.81. The molecule has 56 valence electrons. The van der Waals surface area contributed by atoms with Crippen LogP contribution >= 0.6 is 0 Å². The van der Waals surface area contributed by atoms with Gasteiger partial charge in [-0.3, -0.25) is 0 Å². The average molecular weight is 139 g/mol. The molecule has 1 saturated heterocycles. The highest BCUT2D eigenvalue weighted by molar-refractivity contribution is 6.04. The molecule has 1 atom stereocenters. The number of ether oxygens (including phenoxy) is 1. The van der Waals surface area contributed by atoms with Gasteiger partial charge in [0.25, 0.3) is 0 Å². The lowest BCUT2D eigenvalue weighted by atomic mass is 10.0. The summed E-state index contributed by atoms with van der Waals surface area (Å²) < 4.78 is 5.49. The summed E-state index contributed by atoms with van der Waals surface area (Å²) in [5.74, 6) is 0.575. The maximum Gasteiger partial charge on any atom is 0.182 e. The predicted molar refractivity (Wildman–Crippen MR) is 41.9 cm³/mol. The summed E-state index contributed by atoms with van der Waals surface area (Å²) in [7, 11) is 5.62. The third-order valence-corrected chi connectivity index (χ3v) is 1.87. The van der Waals surface area contributed by atoms with E-state index in [0.29, 0.717) is 12.0 Å². The SMILES string of the molecule is [B]N1CCOC(C(C)C)C1. The molecule has 0 spiro atoms. The van der Waals surface area contributed by atoms with E-state index in [2.05, 4.69) is 13.8 Å². The summed E-state index contributed by atoms with van der Waals surface area (Å²) in [6.45, 7) is 6.83. The van der Waals surface area contributed by atoms with Gasteiger partial charge in [0.05, 0.1) is 12.7 Å². The van der Waals surface area contributed by atoms with Gasteiger partial charge in [-0.2, -0.15) is 0 Å². The lowest BCUT2D eigenvalue weighted by Crippen LogP contribution is -2.43. The second-order valence-corrected chi connectivity index (χ2v) is 3.15. The van der Waals surface area contributed by atoms with Crippen molar-refractivity contribution in [2.45, 2.75) is 20.0 Å². The van der Waals surface area contributed by atoms with E-state index >= 15 is 0 Å². The van der Waals surface area contributed by atoms with Crippen LogP contribution in [0.1, 0.15) is 13.8 Å². The maximum absolute atomic E-state index is 5.62. The van der Waals surface area contributed by atoms with Gasteiger partial charge in [0.1, 0.15) is 0 Å². The van der Waals surface area contributed by atoms with E-state index in [-0.39, 0.29) is 0 Å². The largest absolute Gasteiger partial charge is 0.375 e. The predicted octanol–water partition coefficient (Wildman–Crippen LogP) is 0.427. The lowest BCUT2D eigenvalue weighted by molar-refractivity contribution is -0.0261. The number of hydrogen-bond acceptors (Lipinski definition) is 2. The van der Waals surface area contributed by atoms with Crippen molar-refractivity contribution in [3.05, 3.63) is 0 Å². The van der Waals surface area contributed by atoms with Crippen LogP contribution in [0.15, 0.2) is 0 Å². The van der Waals surface area contributed by atoms with Gasteiger partial charge in [-0.1, -0.05) is 13.8 Å². The monoisotopic (exact) mass is 139 g/mol. The molecule has 0 bridgehead atoms. The molecule has 1 aliphatic heterocycles. The van der Waals surface area contributed by atoms with Crippen LogP contribution in [0.25, 0.3) is 0 Å². The Morgan fingerprint density at radius 2 is 2.30 bits per heavy atom. The molecule has 1 unspecified atom stereocenters. The molecule has 10 heavy (non-hydrogen) atoms. The van der Waals surface area contributed by atoms with Gasteiger partial charge in [0.15, 0.2) is 7.98 Å². The van der Waals surface area contributed by atoms with Crippen molar-refractivity contribution in [3.63, 3.8) is 0 Å². The minimum Gasteiger partial charge on any atom is -0.375 e. The van der Waals surface area contributed by atoms with E-state index in [4.69, 9.17) is 12.7 Å². The Morgan fingerprint density at radius 3 is 2.70 bits per heavy atom. The molecule has 0 amide bonds. The fraction of sp³-hybridized carbons (Fsp3) is 1.00. The van der Waals surface area contributed by atoms with Crippen molar-refractivity contribution in [3.8, 4) is 0 Å². The van der Waals surface area contributed by atoms with Gasteiger partial charge in [-0.25, -0.2) is 0 Å². The second kappa shape index (κ2) is 3.40. The van der Waals surface area contributed by atoms with Crippen molar-refractivity contribution in [2.24, 2.45) is 5.92 Å². The summed E-state index contributed by atoms with van der Waals surface area (Å²) in [5, 5.41) is 0. The van der Waals surface area contributed by atoms with Gasteiger partial charge >= 0.3 is 0 Å². The second-order valence-electron chi connectivity index (χ2n) is 3.15. The van der Waals surface area contributed by atoms with E-state index in [1.807, 2.05) is 4.81 Å². The van der Waals surface area contributed by atoms with E-state index < -0.39 is 0 Å². The molecule has 1 rings (SSSR count). The Morgan fingerprint density at radius 1 is 1.60 bits per heavy atom. The van der Waals surface area contributed by atoms with Gasteiger partial charge in [0.2, 0.25) is 0 Å². The molecule has 1 heterocycles. The van der Waals surface area contributed by atoms with Crippen LogP contribution < -0.4 is 0 Å². The molecule has 1 aliphatic rings. The number of nitrogens with zero attached hydrogens (tertiary/aromatic N) is 1. The number of hydrogen-bond donors (Lipinski definition) is 0. The molecule has 1 fully saturated rings. The van der Waals surface area contributed by atoms with Crippen molar-refractivity contribution >= 4 is 7.98 Å². The highest BCUT2D eigenvalue weighted by atomic mass is 16.5. The molecule has 0 N–H and O–H groups in total. The van der Waals surface area contributed by atoms with Crippen LogP contribution in [0.5, 0.6) is 0 Å². The molecular weight excluding hydrogens is 125 g/mol. The van der Waals surface area contributed by atoms with Gasteiger partial charge in [-0.15, -0.1) is 0 Å². The van der Waals surface area contributed by atoms with Gasteiger partial charge in [0, 0.05) is 13.1 Å². The minimum atomic E-state index is 0.332. The third-order valence-electron chi connectivity index (χ3n) is 1.87. The molecular formula is C7H14BNO. The molecule has 0 aromatic carbocycles. The van der Waals surface area contributed by atoms with Gasteiger partial charge in [-0.05, 0) is 5.92 Å². The maximum atomic E-state index is 5.62. The lowest BCUT2D eigenvalue weighted by Gasteiger charge is -2.32. The Balaban J connectivity index is 2.32. The summed E-state index contributed by atoms with van der Waals surface area (Å²) >= 11 is 0. The summed E-state index contributed by atoms with van der Waals surface area (Å²) in [6, 6.07) is 0. The molecule has 0 aromatic rings. The molecule has 2 radical (unpaired) electrons. The molecule has 0 aromatic heterocycles. The first-order valence-electron chi connectivity index (χ1n) is 3.81. The van der Waals surface area contributed by atoms with Gasteiger partial charge < -0.3 is 9.55 Å². The van der Waals surface area contributed by atoms with Crippen molar-refractivity contribution in [1.82, 2.24) is 4.81 Å². The average Bonchev–Trinajstić information content (AvgIpc) is 1.88. The Labute approximate surface area is 64.0 Å². The Bertz CT molecular complexity index is 108. The standard InChI is InChI=1S/C7H14BNO/c1-6(2)7-5-9(8)3-4-10-7/h6-7H,3-5H2,1-2H3. The topological polar surface area (TPSA) is 12.5 Å². The van der Waals surface area contributed by atoms with Crippen LogP contribution in [0, 0.1) is 5.92 Å². The summed E-state index contributed by atoms with van der Waals surface area (Å²) in [5.41, 5.74) is 0. The van der Waals surface area contributed by atoms with E-state index in [1.54, 1.807) is 0 Å². The molecule has 0 saturated carbocycles. The van der Waals surface area contributed by atoms with Crippen LogP contribution in [-0.4, -0.2) is 38.6 Å². The first-order chi connectivity index (χ1) is 4.70. The zero-order valence-corrected chi connectivity index (χ0v) is 6.71. The third kappa shape index (κ3) is 1.99. The highest BCUT2D eigenvalue weighted by Gasteiger charge is 2.19. The van der Waals surface area contributed by atoms with E-state index in [1.165, 1.54) is 0 Å². The van der Waals surface area contributed by atoms with Crippen molar-refractivity contribution < 1.29 is 4.74 Å². The molecule has 3 heteroatoms. The summed E-state index contributed by atoms with van der Waals surface area (Å²) in [4.78, 5) is 1.83. The normalized spacial score (nSPS) is 29.3. The van der Waals surface area contributed by atoms with Crippen LogP contribution in [-0.2, 0) is 4.74 Å². The molecule has 2 nitrogen and oxygen atoms in total. The van der Waals surface area contributed by atoms with Crippen LogP contribution in [0.3, 0.4) is 0 Å². The Kier molecular flexibility index (Phi) is 2.75. The van der Waals surface area contributed by atoms with E-state index in [0.717, 1.165) is 19.7 Å². The van der Waals surface area contributed by atoms with Crippen molar-refractivity contribution in [1.29, 1.82) is 0 Å². The quantitative estimate of drug-likeness (QED) is 0.488. The smallest absolute Gasteiger partial charge is 0.182 e. The summed E-state index contributed by atoms with van der Waals surface area (Å²) in [6.07, 6.45) is 0.332. The highest BCUT2D eigenvalue weighted by Crippen LogP contribution is 2.10. The fourth-order valence-electron chi connectivity index (χ4n) is 1.10. The van der Waals surface area contributed by atoms with Crippen LogP contribution in [0.2, 0.25) is 0 Å². The van der Waals surface area contributed by atoms with Crippen LogP contribution in [0.4, 0.5) is 0 Å². The Hall–Kier alpha value is -0.0151. The fourth-order valence-corrected chi connectivity index (χ4v) is 1.10. The zero-order valence-electron chi connectivity index (χ0n) is 6.71. The number of rotatable bonds is 1. The zero-order chi connectivity index (χ0) is 7.56. The minimum absolute atomic E-state index is 0.332. The number of morpholine rings is 1. The van der Waals surface area contributed by atoms with E-state index in [9.17, 15) is 0 Å². The van der Waals surface area contributed by atoms with Crippen molar-refractivity contribution in [2.75, 3.05) is 19.7 Å². The molecule has 0 aliphatic carbocycles.